The molecule has 2 unspecified atom stereocenters. The monoisotopic (exact) mass is 1240 g/mol. The first-order valence-electron chi connectivity index (χ1n) is 29.8. The Hall–Kier alpha value is -9.63. The van der Waals surface area contributed by atoms with Gasteiger partial charge in [-0.1, -0.05) is 24.3 Å². The van der Waals surface area contributed by atoms with Gasteiger partial charge in [-0.3, -0.25) is 58.1 Å². The molecule has 0 aromatic heterocycles. The molecule has 4 heterocycles. The van der Waals surface area contributed by atoms with E-state index in [1.54, 1.807) is 45.0 Å². The number of benzene rings is 4. The number of carbonyl (C=O) groups excluding carboxylic acids is 9. The lowest BCUT2D eigenvalue weighted by Crippen LogP contribution is -2.46. The van der Waals surface area contributed by atoms with Crippen molar-refractivity contribution in [3.05, 3.63) is 117 Å². The number of aliphatic imine (C=N–C) groups is 2. The van der Waals surface area contributed by atoms with Crippen molar-refractivity contribution in [1.82, 2.24) is 57.7 Å². The molecule has 2 atom stereocenters. The molecule has 8 rings (SSSR count). The zero-order chi connectivity index (χ0) is 64.7. The standard InChI is InChI=1S/C63H81N13O14/c1-63(2,3)90-62(85)70-23-9-8-22-48-49-38-73-60(83)46-20-12-16-42(52(46)88-6)56(79)68-28-32-76(33-29-69-57(80)43-17-13-21-47(53(43)89-7)61(84)74-48)35-34-75-30-26-66-54(77)40-14-10-18-44(50(40)86-4)58(81)71-36-39(64-24-25-65-49)37-72-59(82)45-19-11-15-41(51(45)87-5)55(78)67-27-31-75/h10-21,48H,8-9,22-38H2,1-7H3,(H,66,77)(H,67,78)(H,68,79)(H,69,80)(H,70,85)(H,71,81)(H,72,82)(H,73,83)(H,74,84)/b65-49+. The first-order chi connectivity index (χ1) is 43.3. The first-order valence-corrected chi connectivity index (χ1v) is 29.8. The number of nitrogens with zero attached hydrogens (tertiary/aromatic N) is 4. The van der Waals surface area contributed by atoms with Crippen molar-refractivity contribution in [1.29, 1.82) is 0 Å². The molecule has 27 heteroatoms. The van der Waals surface area contributed by atoms with Crippen LogP contribution in [0, 0.1) is 0 Å². The minimum Gasteiger partial charge on any atom is -0.495 e. The summed E-state index contributed by atoms with van der Waals surface area (Å²) in [6.07, 6.45) is 0.366. The maximum atomic E-state index is 14.8. The summed E-state index contributed by atoms with van der Waals surface area (Å²) < 4.78 is 28.4. The number of hydrogen-bond donors (Lipinski definition) is 9. The van der Waals surface area contributed by atoms with Gasteiger partial charge in [-0.05, 0) is 88.6 Å². The van der Waals surface area contributed by atoms with E-state index < -0.39 is 65.0 Å². The summed E-state index contributed by atoms with van der Waals surface area (Å²) in [4.78, 5) is 141. The molecule has 4 aromatic rings. The van der Waals surface area contributed by atoms with Crippen molar-refractivity contribution < 1.29 is 66.8 Å². The lowest BCUT2D eigenvalue weighted by atomic mass is 10.0. The van der Waals surface area contributed by atoms with E-state index in [-0.39, 0.29) is 177 Å². The van der Waals surface area contributed by atoms with Gasteiger partial charge in [0.15, 0.2) is 0 Å². The molecule has 482 valence electrons. The summed E-state index contributed by atoms with van der Waals surface area (Å²) in [6, 6.07) is 17.4. The lowest BCUT2D eigenvalue weighted by molar-refractivity contribution is 0.0525. The average molecular weight is 1240 g/mol. The van der Waals surface area contributed by atoms with Gasteiger partial charge in [0.05, 0.1) is 123 Å². The highest BCUT2D eigenvalue weighted by Gasteiger charge is 2.29. The molecule has 0 aliphatic carbocycles. The summed E-state index contributed by atoms with van der Waals surface area (Å²) in [6.45, 7) is 6.47. The van der Waals surface area contributed by atoms with Crippen LogP contribution in [0.5, 0.6) is 23.0 Å². The van der Waals surface area contributed by atoms with Crippen LogP contribution >= 0.6 is 0 Å². The maximum absolute atomic E-state index is 14.8. The minimum absolute atomic E-state index is 0.00596. The highest BCUT2D eigenvalue weighted by Crippen LogP contribution is 2.28. The molecule has 0 saturated heterocycles. The number of carbonyl (C=O) groups is 9. The number of rotatable bonds is 9. The fraction of sp³-hybridized carbons (Fsp3) is 0.444. The number of hydrogen-bond acceptors (Lipinski definition) is 18. The fourth-order valence-corrected chi connectivity index (χ4v) is 10.3. The van der Waals surface area contributed by atoms with Crippen LogP contribution in [-0.2, 0) is 4.74 Å². The predicted molar refractivity (Wildman–Crippen MR) is 335 cm³/mol. The highest BCUT2D eigenvalue weighted by molar-refractivity contribution is 6.09. The average Bonchev–Trinajstić information content (AvgIpc) is 1.20. The summed E-state index contributed by atoms with van der Waals surface area (Å²) in [5.41, 5.74) is 0.187. The summed E-state index contributed by atoms with van der Waals surface area (Å²) in [5, 5.41) is 26.3. The first kappa shape index (κ1) is 67.9. The smallest absolute Gasteiger partial charge is 0.407 e. The number of fused-ring (bicyclic) bond motifs is 16. The van der Waals surface area contributed by atoms with E-state index in [0.717, 1.165) is 0 Å². The van der Waals surface area contributed by atoms with Gasteiger partial charge in [-0.2, -0.15) is 0 Å². The quantitative estimate of drug-likeness (QED) is 0.109. The largest absolute Gasteiger partial charge is 0.495 e. The third-order valence-corrected chi connectivity index (χ3v) is 14.8. The number of methoxy groups -OCH3 is 4. The molecule has 0 radical (unpaired) electrons. The SMILES string of the molecule is COc1c2cccc1C(=O)NCC1=NCC/N=C3\CNC(=O)c4cccc(c4OC)C(=O)NCCN(CCNC(=O)c4cccc(c4OC)C(=O)NC3CCCCNC(=O)OC(C)(C)C)CCN(CCNC2=O)CCNC(=O)c2cccc(c2OC)C(=O)NC1. The third-order valence-electron chi connectivity index (χ3n) is 14.8. The molecular formula is C63H81N13O14. The van der Waals surface area contributed by atoms with Gasteiger partial charge < -0.3 is 71.5 Å². The van der Waals surface area contributed by atoms with E-state index in [1.807, 2.05) is 9.80 Å². The number of alkyl carbamates (subject to hydrolysis) is 1. The van der Waals surface area contributed by atoms with Crippen LogP contribution in [0.25, 0.3) is 0 Å². The minimum atomic E-state index is -0.955. The van der Waals surface area contributed by atoms with E-state index in [1.165, 1.54) is 77.0 Å². The Morgan fingerprint density at radius 1 is 0.467 bits per heavy atom. The Labute approximate surface area is 522 Å². The van der Waals surface area contributed by atoms with Crippen LogP contribution in [0.3, 0.4) is 0 Å². The summed E-state index contributed by atoms with van der Waals surface area (Å²) in [5.74, 6) is -4.68. The molecule has 9 amide bonds. The number of para-hydroxylation sites is 4. The number of ether oxygens (including phenoxy) is 5. The Kier molecular flexibility index (Phi) is 25.0. The van der Waals surface area contributed by atoms with Crippen molar-refractivity contribution in [3.8, 4) is 23.0 Å². The third kappa shape index (κ3) is 18.7. The molecule has 0 spiro atoms. The summed E-state index contributed by atoms with van der Waals surface area (Å²) >= 11 is 0. The van der Waals surface area contributed by atoms with E-state index in [4.69, 9.17) is 33.7 Å². The van der Waals surface area contributed by atoms with Crippen molar-refractivity contribution in [2.45, 2.75) is 51.7 Å². The van der Waals surface area contributed by atoms with E-state index in [2.05, 4.69) is 47.9 Å². The number of nitrogens with one attached hydrogen (secondary N) is 9. The Bertz CT molecular complexity index is 3250. The van der Waals surface area contributed by atoms with Gasteiger partial charge >= 0.3 is 6.09 Å². The van der Waals surface area contributed by atoms with Crippen molar-refractivity contribution in [2.24, 2.45) is 9.98 Å². The Morgan fingerprint density at radius 2 is 0.800 bits per heavy atom. The zero-order valence-corrected chi connectivity index (χ0v) is 51.9. The lowest BCUT2D eigenvalue weighted by Gasteiger charge is -2.28. The van der Waals surface area contributed by atoms with Gasteiger partial charge in [0.25, 0.3) is 47.3 Å². The van der Waals surface area contributed by atoms with Crippen molar-refractivity contribution in [2.75, 3.05) is 133 Å². The second kappa shape index (κ2) is 33.1. The fourth-order valence-electron chi connectivity index (χ4n) is 10.3. The topological polar surface area (TPSA) is 339 Å². The van der Waals surface area contributed by atoms with Gasteiger partial charge in [0.1, 0.15) is 28.6 Å². The van der Waals surface area contributed by atoms with Crippen LogP contribution in [0.1, 0.15) is 123 Å². The van der Waals surface area contributed by atoms with Crippen LogP contribution < -0.4 is 66.8 Å². The second-order valence-electron chi connectivity index (χ2n) is 22.1. The zero-order valence-electron chi connectivity index (χ0n) is 51.9. The predicted octanol–water partition coefficient (Wildman–Crippen LogP) is 2.25. The normalized spacial score (nSPS) is 19.7. The second-order valence-corrected chi connectivity index (χ2v) is 22.1. The number of amides is 9. The van der Waals surface area contributed by atoms with Gasteiger partial charge in [0.2, 0.25) is 0 Å². The van der Waals surface area contributed by atoms with Gasteiger partial charge in [0, 0.05) is 72.0 Å². The molecule has 27 nitrogen and oxygen atoms in total. The molecule has 90 heavy (non-hydrogen) atoms. The Morgan fingerprint density at radius 3 is 1.16 bits per heavy atom. The number of unbranched alkanes of at least 4 members (excludes halogenated alkanes) is 1. The van der Waals surface area contributed by atoms with E-state index >= 15 is 0 Å². The molecule has 0 saturated carbocycles. The van der Waals surface area contributed by atoms with Crippen LogP contribution in [0.2, 0.25) is 0 Å². The molecule has 0 fully saturated rings. The highest BCUT2D eigenvalue weighted by atomic mass is 16.6. The van der Waals surface area contributed by atoms with E-state index in [9.17, 15) is 43.2 Å². The molecule has 12 bridgehead atoms. The van der Waals surface area contributed by atoms with Crippen molar-refractivity contribution in [3.63, 3.8) is 0 Å². The van der Waals surface area contributed by atoms with Crippen LogP contribution in [0.4, 0.5) is 4.79 Å². The maximum Gasteiger partial charge on any atom is 0.407 e. The Balaban J connectivity index is 1.39. The molecule has 9 N–H and O–H groups in total. The van der Waals surface area contributed by atoms with Crippen molar-refractivity contribution >= 4 is 64.8 Å². The van der Waals surface area contributed by atoms with Gasteiger partial charge in [-0.15, -0.1) is 0 Å². The van der Waals surface area contributed by atoms with E-state index in [0.29, 0.717) is 25.9 Å². The molecule has 4 aliphatic heterocycles. The summed E-state index contributed by atoms with van der Waals surface area (Å²) in [7, 11) is 5.38. The molecule has 4 aliphatic rings. The van der Waals surface area contributed by atoms with Crippen LogP contribution in [0.15, 0.2) is 82.8 Å². The molecular weight excluding hydrogens is 1160 g/mol. The van der Waals surface area contributed by atoms with Gasteiger partial charge in [-0.25, -0.2) is 4.79 Å². The van der Waals surface area contributed by atoms with Crippen LogP contribution in [-0.4, -0.2) is 219 Å². The molecule has 4 aromatic carbocycles.